The fourth-order valence-corrected chi connectivity index (χ4v) is 2.65. The number of carbonyl (C=O) groups excluding carboxylic acids is 1. The number of nitrogens with one attached hydrogen (secondary N) is 1. The minimum absolute atomic E-state index is 0.124. The van der Waals surface area contributed by atoms with E-state index in [9.17, 15) is 13.2 Å². The van der Waals surface area contributed by atoms with Crippen LogP contribution in [0.4, 0.5) is 0 Å². The normalized spacial score (nSPS) is 13.8. The predicted octanol–water partition coefficient (Wildman–Crippen LogP) is 2.00. The van der Waals surface area contributed by atoms with E-state index in [1.54, 1.807) is 32.9 Å². The van der Waals surface area contributed by atoms with E-state index >= 15 is 0 Å². The third-order valence-corrected chi connectivity index (χ3v) is 3.98. The van der Waals surface area contributed by atoms with Crippen molar-refractivity contribution in [3.63, 3.8) is 0 Å². The van der Waals surface area contributed by atoms with Gasteiger partial charge in [-0.2, -0.15) is 4.72 Å². The molecule has 1 N–H and O–H groups in total. The molecule has 0 bridgehead atoms. The Bertz CT molecular complexity index is 570. The summed E-state index contributed by atoms with van der Waals surface area (Å²) < 4.78 is 31.7. The van der Waals surface area contributed by atoms with Gasteiger partial charge in [-0.15, -0.1) is 0 Å². The summed E-state index contributed by atoms with van der Waals surface area (Å²) in [5.41, 5.74) is 0.310. The van der Waals surface area contributed by atoms with Crippen molar-refractivity contribution in [3.8, 4) is 0 Å². The fourth-order valence-electron chi connectivity index (χ4n) is 1.46. The zero-order valence-electron chi connectivity index (χ0n) is 12.4. The maximum absolute atomic E-state index is 12.1. The third kappa shape index (κ3) is 4.94. The molecule has 1 aromatic carbocycles. The summed E-state index contributed by atoms with van der Waals surface area (Å²) in [6.45, 7) is 8.51. The predicted molar refractivity (Wildman–Crippen MR) is 76.8 cm³/mol. The second-order valence-corrected chi connectivity index (χ2v) is 7.40. The van der Waals surface area contributed by atoms with E-state index in [4.69, 9.17) is 4.74 Å². The fraction of sp³-hybridized carbons (Fsp3) is 0.500. The molecule has 1 unspecified atom stereocenters. The van der Waals surface area contributed by atoms with Crippen molar-refractivity contribution in [2.24, 2.45) is 0 Å². The van der Waals surface area contributed by atoms with Gasteiger partial charge in [0.2, 0.25) is 10.0 Å². The molecule has 0 aliphatic carbocycles. The lowest BCUT2D eigenvalue weighted by atomic mass is 10.2. The molecule has 0 radical (unpaired) electrons. The highest BCUT2D eigenvalue weighted by atomic mass is 32.2. The third-order valence-electron chi connectivity index (χ3n) is 2.42. The van der Waals surface area contributed by atoms with Gasteiger partial charge in [0.25, 0.3) is 0 Å². The SMILES string of the molecule is Cc1ccc(S(=O)(=O)NC(C)C(=O)OC(C)(C)C)cc1. The van der Waals surface area contributed by atoms with Crippen molar-refractivity contribution in [2.75, 3.05) is 0 Å². The molecule has 0 spiro atoms. The molecule has 6 heteroatoms. The van der Waals surface area contributed by atoms with Crippen LogP contribution in [-0.2, 0) is 19.6 Å². The molecule has 0 aliphatic heterocycles. The Morgan fingerprint density at radius 1 is 1.20 bits per heavy atom. The Balaban J connectivity index is 2.81. The molecule has 1 aromatic rings. The Morgan fingerprint density at radius 2 is 1.70 bits per heavy atom. The highest BCUT2D eigenvalue weighted by Crippen LogP contribution is 2.12. The van der Waals surface area contributed by atoms with Crippen LogP contribution >= 0.6 is 0 Å². The molecule has 0 saturated heterocycles. The van der Waals surface area contributed by atoms with Gasteiger partial charge in [0, 0.05) is 0 Å². The van der Waals surface area contributed by atoms with Crippen LogP contribution in [0.5, 0.6) is 0 Å². The zero-order valence-corrected chi connectivity index (χ0v) is 13.2. The highest BCUT2D eigenvalue weighted by molar-refractivity contribution is 7.89. The summed E-state index contributed by atoms with van der Waals surface area (Å²) in [6.07, 6.45) is 0. The van der Waals surface area contributed by atoms with E-state index in [1.165, 1.54) is 19.1 Å². The van der Waals surface area contributed by atoms with E-state index in [1.807, 2.05) is 6.92 Å². The van der Waals surface area contributed by atoms with Crippen molar-refractivity contribution in [3.05, 3.63) is 29.8 Å². The molecular formula is C14H21NO4S. The second-order valence-electron chi connectivity index (χ2n) is 5.69. The molecule has 0 heterocycles. The summed E-state index contributed by atoms with van der Waals surface area (Å²) in [6, 6.07) is 5.46. The van der Waals surface area contributed by atoms with Gasteiger partial charge < -0.3 is 4.74 Å². The number of hydrogen-bond donors (Lipinski definition) is 1. The van der Waals surface area contributed by atoms with Gasteiger partial charge in [0.1, 0.15) is 11.6 Å². The van der Waals surface area contributed by atoms with E-state index in [2.05, 4.69) is 4.72 Å². The molecule has 0 aliphatic rings. The first kappa shape index (κ1) is 16.7. The zero-order chi connectivity index (χ0) is 15.6. The van der Waals surface area contributed by atoms with Crippen LogP contribution in [0.3, 0.4) is 0 Å². The number of sulfonamides is 1. The van der Waals surface area contributed by atoms with Gasteiger partial charge in [0.15, 0.2) is 0 Å². The molecular weight excluding hydrogens is 278 g/mol. The van der Waals surface area contributed by atoms with Crippen molar-refractivity contribution >= 4 is 16.0 Å². The first-order chi connectivity index (χ1) is 9.01. The number of carbonyl (C=O) groups is 1. The first-order valence-corrected chi connectivity index (χ1v) is 7.81. The Kier molecular flexibility index (Phi) is 4.94. The summed E-state index contributed by atoms with van der Waals surface area (Å²) in [7, 11) is -3.73. The summed E-state index contributed by atoms with van der Waals surface area (Å²) in [5, 5.41) is 0. The van der Waals surface area contributed by atoms with Crippen LogP contribution < -0.4 is 4.72 Å². The second kappa shape index (κ2) is 5.93. The molecule has 0 fully saturated rings. The van der Waals surface area contributed by atoms with Crippen LogP contribution in [0.2, 0.25) is 0 Å². The Labute approximate surface area is 120 Å². The van der Waals surface area contributed by atoms with E-state index in [0.29, 0.717) is 0 Å². The lowest BCUT2D eigenvalue weighted by molar-refractivity contribution is -0.156. The van der Waals surface area contributed by atoms with Crippen LogP contribution in [0, 0.1) is 6.92 Å². The average molecular weight is 299 g/mol. The molecule has 0 amide bonds. The highest BCUT2D eigenvalue weighted by Gasteiger charge is 2.26. The first-order valence-electron chi connectivity index (χ1n) is 6.33. The summed E-state index contributed by atoms with van der Waals surface area (Å²) >= 11 is 0. The van der Waals surface area contributed by atoms with E-state index in [0.717, 1.165) is 5.56 Å². The minimum atomic E-state index is -3.73. The summed E-state index contributed by atoms with van der Waals surface area (Å²) in [5.74, 6) is -0.604. The number of rotatable bonds is 4. The van der Waals surface area contributed by atoms with Gasteiger partial charge in [-0.05, 0) is 46.8 Å². The molecule has 0 aromatic heterocycles. The standard InChI is InChI=1S/C14H21NO4S/c1-10-6-8-12(9-7-10)20(17,18)15-11(2)13(16)19-14(3,4)5/h6-9,11,15H,1-5H3. The maximum Gasteiger partial charge on any atom is 0.324 e. The van der Waals surface area contributed by atoms with Crippen LogP contribution in [0.15, 0.2) is 29.2 Å². The van der Waals surface area contributed by atoms with Gasteiger partial charge in [-0.3, -0.25) is 4.79 Å². The lowest BCUT2D eigenvalue weighted by Gasteiger charge is -2.22. The minimum Gasteiger partial charge on any atom is -0.459 e. The number of esters is 1. The lowest BCUT2D eigenvalue weighted by Crippen LogP contribution is -2.42. The van der Waals surface area contributed by atoms with Gasteiger partial charge in [-0.25, -0.2) is 8.42 Å². The number of ether oxygens (including phenoxy) is 1. The van der Waals surface area contributed by atoms with Crippen molar-refractivity contribution in [2.45, 2.75) is 51.2 Å². The number of hydrogen-bond acceptors (Lipinski definition) is 4. The molecule has 1 rings (SSSR count). The van der Waals surface area contributed by atoms with Gasteiger partial charge in [0.05, 0.1) is 4.90 Å². The van der Waals surface area contributed by atoms with Crippen molar-refractivity contribution in [1.29, 1.82) is 0 Å². The summed E-state index contributed by atoms with van der Waals surface area (Å²) in [4.78, 5) is 11.9. The molecule has 0 saturated carbocycles. The molecule has 112 valence electrons. The van der Waals surface area contributed by atoms with Gasteiger partial charge in [-0.1, -0.05) is 17.7 Å². The topological polar surface area (TPSA) is 72.5 Å². The average Bonchev–Trinajstić information content (AvgIpc) is 2.26. The smallest absolute Gasteiger partial charge is 0.324 e. The molecule has 1 atom stereocenters. The largest absolute Gasteiger partial charge is 0.459 e. The Hall–Kier alpha value is -1.40. The maximum atomic E-state index is 12.1. The number of aryl methyl sites for hydroxylation is 1. The van der Waals surface area contributed by atoms with E-state index < -0.39 is 27.6 Å². The van der Waals surface area contributed by atoms with E-state index in [-0.39, 0.29) is 4.90 Å². The van der Waals surface area contributed by atoms with Gasteiger partial charge >= 0.3 is 5.97 Å². The van der Waals surface area contributed by atoms with Crippen LogP contribution in [0.25, 0.3) is 0 Å². The quantitative estimate of drug-likeness (QED) is 0.863. The molecule has 5 nitrogen and oxygen atoms in total. The van der Waals surface area contributed by atoms with Crippen LogP contribution in [0.1, 0.15) is 33.3 Å². The Morgan fingerprint density at radius 3 is 2.15 bits per heavy atom. The van der Waals surface area contributed by atoms with Crippen LogP contribution in [-0.4, -0.2) is 26.0 Å². The van der Waals surface area contributed by atoms with Crippen molar-refractivity contribution in [1.82, 2.24) is 4.72 Å². The van der Waals surface area contributed by atoms with Crippen molar-refractivity contribution < 1.29 is 17.9 Å². The molecule has 20 heavy (non-hydrogen) atoms. The monoisotopic (exact) mass is 299 g/mol. The number of benzene rings is 1.